The third kappa shape index (κ3) is 4.13. The number of rotatable bonds is 6. The topological polar surface area (TPSA) is 30.5 Å². The van der Waals surface area contributed by atoms with E-state index in [-0.39, 0.29) is 0 Å². The van der Waals surface area contributed by atoms with Gasteiger partial charge in [0.05, 0.1) is 14.2 Å². The highest BCUT2D eigenvalue weighted by Gasteiger charge is 2.09. The van der Waals surface area contributed by atoms with Crippen molar-refractivity contribution in [1.82, 2.24) is 5.32 Å². The molecule has 2 rings (SSSR count). The molecule has 0 aliphatic rings. The minimum Gasteiger partial charge on any atom is -0.493 e. The number of methoxy groups -OCH3 is 2. The molecule has 0 saturated carbocycles. The van der Waals surface area contributed by atoms with Crippen molar-refractivity contribution in [2.75, 3.05) is 14.2 Å². The second-order valence-corrected chi connectivity index (χ2v) is 5.81. The molecule has 112 valence electrons. The van der Waals surface area contributed by atoms with Crippen LogP contribution in [-0.4, -0.2) is 14.2 Å². The van der Waals surface area contributed by atoms with Crippen molar-refractivity contribution in [3.05, 3.63) is 57.0 Å². The first-order chi connectivity index (χ1) is 10.2. The van der Waals surface area contributed by atoms with Gasteiger partial charge in [0, 0.05) is 28.1 Å². The lowest BCUT2D eigenvalue weighted by atomic mass is 10.1. The maximum Gasteiger partial charge on any atom is 0.165 e. The van der Waals surface area contributed by atoms with E-state index in [4.69, 9.17) is 21.1 Å². The van der Waals surface area contributed by atoms with E-state index < -0.39 is 0 Å². The summed E-state index contributed by atoms with van der Waals surface area (Å²) in [5.41, 5.74) is 2.10. The van der Waals surface area contributed by atoms with E-state index in [9.17, 15) is 0 Å². The number of para-hydroxylation sites is 1. The SMILES string of the molecule is COc1cccc(CNCc2ccc(Br)cc2Cl)c1OC. The van der Waals surface area contributed by atoms with Crippen molar-refractivity contribution >= 4 is 27.5 Å². The van der Waals surface area contributed by atoms with Crippen LogP contribution in [-0.2, 0) is 13.1 Å². The number of halogens is 2. The van der Waals surface area contributed by atoms with Crippen molar-refractivity contribution in [2.24, 2.45) is 0 Å². The summed E-state index contributed by atoms with van der Waals surface area (Å²) >= 11 is 9.60. The zero-order valence-corrected chi connectivity index (χ0v) is 14.3. The van der Waals surface area contributed by atoms with Gasteiger partial charge in [0.25, 0.3) is 0 Å². The zero-order valence-electron chi connectivity index (χ0n) is 12.0. The van der Waals surface area contributed by atoms with E-state index in [2.05, 4.69) is 21.2 Å². The van der Waals surface area contributed by atoms with Crippen molar-refractivity contribution in [1.29, 1.82) is 0 Å². The van der Waals surface area contributed by atoms with Crippen LogP contribution in [0.1, 0.15) is 11.1 Å². The average Bonchev–Trinajstić information content (AvgIpc) is 2.49. The predicted molar refractivity (Wildman–Crippen MR) is 89.2 cm³/mol. The van der Waals surface area contributed by atoms with Crippen LogP contribution in [0, 0.1) is 0 Å². The average molecular weight is 371 g/mol. The molecular weight excluding hydrogens is 354 g/mol. The minimum atomic E-state index is 0.673. The van der Waals surface area contributed by atoms with E-state index in [1.807, 2.05) is 36.4 Å². The maximum atomic E-state index is 6.20. The standard InChI is InChI=1S/C16H17BrClNO2/c1-20-15-5-3-4-12(16(15)21-2)10-19-9-11-6-7-13(17)8-14(11)18/h3-8,19H,9-10H2,1-2H3. The Labute approximate surface area is 138 Å². The molecule has 0 atom stereocenters. The second-order valence-electron chi connectivity index (χ2n) is 4.49. The lowest BCUT2D eigenvalue weighted by molar-refractivity contribution is 0.350. The van der Waals surface area contributed by atoms with Gasteiger partial charge in [-0.05, 0) is 23.8 Å². The van der Waals surface area contributed by atoms with E-state index >= 15 is 0 Å². The quantitative estimate of drug-likeness (QED) is 0.817. The van der Waals surface area contributed by atoms with Crippen LogP contribution >= 0.6 is 27.5 Å². The number of nitrogens with one attached hydrogen (secondary N) is 1. The molecule has 1 N–H and O–H groups in total. The van der Waals surface area contributed by atoms with Gasteiger partial charge >= 0.3 is 0 Å². The fourth-order valence-electron chi connectivity index (χ4n) is 2.09. The molecule has 5 heteroatoms. The smallest absolute Gasteiger partial charge is 0.165 e. The highest BCUT2D eigenvalue weighted by atomic mass is 79.9. The Morgan fingerprint density at radius 1 is 1.05 bits per heavy atom. The molecule has 0 spiro atoms. The molecule has 3 nitrogen and oxygen atoms in total. The van der Waals surface area contributed by atoms with Gasteiger partial charge in [-0.25, -0.2) is 0 Å². The minimum absolute atomic E-state index is 0.673. The van der Waals surface area contributed by atoms with Crippen molar-refractivity contribution in [3.8, 4) is 11.5 Å². The third-order valence-corrected chi connectivity index (χ3v) is 3.98. The lowest BCUT2D eigenvalue weighted by Gasteiger charge is -2.13. The highest BCUT2D eigenvalue weighted by Crippen LogP contribution is 2.30. The largest absolute Gasteiger partial charge is 0.493 e. The molecule has 2 aromatic rings. The first-order valence-corrected chi connectivity index (χ1v) is 7.67. The highest BCUT2D eigenvalue weighted by molar-refractivity contribution is 9.10. The monoisotopic (exact) mass is 369 g/mol. The first kappa shape index (κ1) is 16.1. The van der Waals surface area contributed by atoms with Crippen LogP contribution in [0.4, 0.5) is 0 Å². The van der Waals surface area contributed by atoms with Crippen LogP contribution in [0.15, 0.2) is 40.9 Å². The van der Waals surface area contributed by atoms with Crippen molar-refractivity contribution in [3.63, 3.8) is 0 Å². The third-order valence-electron chi connectivity index (χ3n) is 3.13. The van der Waals surface area contributed by atoms with E-state index in [1.165, 1.54) is 0 Å². The van der Waals surface area contributed by atoms with Gasteiger partial charge in [-0.1, -0.05) is 45.7 Å². The van der Waals surface area contributed by atoms with Crippen LogP contribution in [0.2, 0.25) is 5.02 Å². The van der Waals surface area contributed by atoms with Gasteiger partial charge < -0.3 is 14.8 Å². The molecule has 0 unspecified atom stereocenters. The van der Waals surface area contributed by atoms with Crippen LogP contribution < -0.4 is 14.8 Å². The molecule has 0 heterocycles. The van der Waals surface area contributed by atoms with E-state index in [0.717, 1.165) is 32.1 Å². The van der Waals surface area contributed by atoms with Crippen LogP contribution in [0.5, 0.6) is 11.5 Å². The number of ether oxygens (including phenoxy) is 2. The molecule has 0 fully saturated rings. The summed E-state index contributed by atoms with van der Waals surface area (Å²) in [7, 11) is 3.28. The van der Waals surface area contributed by atoms with Gasteiger partial charge in [-0.2, -0.15) is 0 Å². The fraction of sp³-hybridized carbons (Fsp3) is 0.250. The molecule has 0 radical (unpaired) electrons. The van der Waals surface area contributed by atoms with Gasteiger partial charge in [0.1, 0.15) is 0 Å². The Hall–Kier alpha value is -1.23. The molecule has 0 aliphatic heterocycles. The first-order valence-electron chi connectivity index (χ1n) is 6.50. The van der Waals surface area contributed by atoms with E-state index in [0.29, 0.717) is 13.1 Å². The summed E-state index contributed by atoms with van der Waals surface area (Å²) in [4.78, 5) is 0. The summed E-state index contributed by atoms with van der Waals surface area (Å²) in [5.74, 6) is 1.49. The second kappa shape index (κ2) is 7.69. The van der Waals surface area contributed by atoms with Crippen molar-refractivity contribution in [2.45, 2.75) is 13.1 Å². The zero-order chi connectivity index (χ0) is 15.2. The summed E-state index contributed by atoms with van der Waals surface area (Å²) < 4.78 is 11.7. The summed E-state index contributed by atoms with van der Waals surface area (Å²) in [6.45, 7) is 1.36. The van der Waals surface area contributed by atoms with Gasteiger partial charge in [0.15, 0.2) is 11.5 Å². The number of hydrogen-bond acceptors (Lipinski definition) is 3. The fourth-order valence-corrected chi connectivity index (χ4v) is 2.83. The lowest BCUT2D eigenvalue weighted by Crippen LogP contribution is -2.14. The molecule has 0 bridgehead atoms. The Morgan fingerprint density at radius 2 is 1.81 bits per heavy atom. The van der Waals surface area contributed by atoms with Gasteiger partial charge in [-0.15, -0.1) is 0 Å². The van der Waals surface area contributed by atoms with Crippen LogP contribution in [0.3, 0.4) is 0 Å². The number of benzene rings is 2. The maximum absolute atomic E-state index is 6.20. The molecule has 0 aromatic heterocycles. The Balaban J connectivity index is 2.03. The van der Waals surface area contributed by atoms with Gasteiger partial charge in [0.2, 0.25) is 0 Å². The summed E-state index contributed by atoms with van der Waals surface area (Å²) in [6, 6.07) is 11.7. The van der Waals surface area contributed by atoms with Gasteiger partial charge in [-0.3, -0.25) is 0 Å². The predicted octanol–water partition coefficient (Wildman–Crippen LogP) is 4.41. The van der Waals surface area contributed by atoms with E-state index in [1.54, 1.807) is 14.2 Å². The molecular formula is C16H17BrClNO2. The summed E-state index contributed by atoms with van der Waals surface area (Å²) in [5, 5.41) is 4.11. The molecule has 21 heavy (non-hydrogen) atoms. The normalized spacial score (nSPS) is 10.5. The summed E-state index contributed by atoms with van der Waals surface area (Å²) in [6.07, 6.45) is 0. The Morgan fingerprint density at radius 3 is 2.48 bits per heavy atom. The Bertz CT molecular complexity index is 619. The molecule has 0 saturated heterocycles. The van der Waals surface area contributed by atoms with Crippen LogP contribution in [0.25, 0.3) is 0 Å². The molecule has 0 amide bonds. The molecule has 2 aromatic carbocycles. The van der Waals surface area contributed by atoms with Crippen molar-refractivity contribution < 1.29 is 9.47 Å². The number of hydrogen-bond donors (Lipinski definition) is 1. The molecule has 0 aliphatic carbocycles. The Kier molecular flexibility index (Phi) is 5.91.